The molecule has 1 amide bonds. The van der Waals surface area contributed by atoms with E-state index in [1.807, 2.05) is 30.3 Å². The van der Waals surface area contributed by atoms with E-state index in [0.29, 0.717) is 30.2 Å². The van der Waals surface area contributed by atoms with Gasteiger partial charge in [-0.15, -0.1) is 11.3 Å². The van der Waals surface area contributed by atoms with E-state index in [-0.39, 0.29) is 11.5 Å². The highest BCUT2D eigenvalue weighted by atomic mass is 32.1. The molecule has 1 aliphatic rings. The van der Waals surface area contributed by atoms with Gasteiger partial charge in [0.15, 0.2) is 10.6 Å². The first kappa shape index (κ1) is 18.9. The Morgan fingerprint density at radius 1 is 1.20 bits per heavy atom. The molecule has 0 atom stereocenters. The van der Waals surface area contributed by atoms with Crippen LogP contribution in [0.25, 0.3) is 16.0 Å². The molecule has 0 N–H and O–H groups in total. The predicted molar refractivity (Wildman–Crippen MR) is 114 cm³/mol. The van der Waals surface area contributed by atoms with Crippen LogP contribution in [0, 0.1) is 6.92 Å². The minimum Gasteiger partial charge on any atom is -0.336 e. The van der Waals surface area contributed by atoms with Gasteiger partial charge in [0.25, 0.3) is 11.5 Å². The van der Waals surface area contributed by atoms with E-state index in [2.05, 4.69) is 20.0 Å². The topological polar surface area (TPSA) is 88.6 Å². The monoisotopic (exact) mass is 423 g/mol. The quantitative estimate of drug-likeness (QED) is 0.494. The maximum absolute atomic E-state index is 13.0. The average molecular weight is 424 g/mol. The summed E-state index contributed by atoms with van der Waals surface area (Å²) < 4.78 is 3.28. The molecule has 154 valence electrons. The van der Waals surface area contributed by atoms with E-state index in [9.17, 15) is 9.59 Å². The van der Waals surface area contributed by atoms with E-state index in [1.165, 1.54) is 11.3 Å². The van der Waals surface area contributed by atoms with Gasteiger partial charge in [-0.05, 0) is 13.0 Å². The van der Waals surface area contributed by atoms with Crippen LogP contribution in [0.4, 0.5) is 0 Å². The van der Waals surface area contributed by atoms with Crippen LogP contribution in [-0.4, -0.2) is 66.0 Å². The van der Waals surface area contributed by atoms with Crippen molar-refractivity contribution in [3.8, 4) is 0 Å². The number of carbonyl (C=O) groups excluding carboxylic acids is 1. The third-order valence-electron chi connectivity index (χ3n) is 5.51. The molecule has 10 heteroatoms. The molecule has 9 nitrogen and oxygen atoms in total. The molecule has 5 heterocycles. The van der Waals surface area contributed by atoms with Gasteiger partial charge < -0.3 is 4.90 Å². The standard InChI is InChI=1S/C20H21N7O2S/c1-13-16-9-14(11-21-18(16)24(2)23-13)19(29)26-5-3-25(4-6-26)12-15-10-17(28)27-7-8-30-20(27)22-15/h7-11H,3-6,12H2,1-2H3. The molecule has 4 aromatic rings. The summed E-state index contributed by atoms with van der Waals surface area (Å²) in [5.74, 6) is -0.0105. The summed E-state index contributed by atoms with van der Waals surface area (Å²) in [7, 11) is 1.85. The second kappa shape index (κ2) is 7.29. The lowest BCUT2D eigenvalue weighted by atomic mass is 10.1. The molecule has 0 unspecified atom stereocenters. The van der Waals surface area contributed by atoms with Crippen molar-refractivity contribution in [3.05, 3.63) is 57.2 Å². The summed E-state index contributed by atoms with van der Waals surface area (Å²) in [5, 5.41) is 7.13. The zero-order valence-electron chi connectivity index (χ0n) is 16.8. The molecule has 0 spiro atoms. The molecule has 0 aromatic carbocycles. The predicted octanol–water partition coefficient (Wildman–Crippen LogP) is 1.30. The Hall–Kier alpha value is -3.11. The second-order valence-electron chi connectivity index (χ2n) is 7.51. The summed E-state index contributed by atoms with van der Waals surface area (Å²) in [6, 6.07) is 3.47. The second-order valence-corrected chi connectivity index (χ2v) is 8.39. The van der Waals surface area contributed by atoms with Gasteiger partial charge in [0.1, 0.15) is 0 Å². The van der Waals surface area contributed by atoms with E-state index >= 15 is 0 Å². The minimum atomic E-state index is -0.0568. The van der Waals surface area contributed by atoms with Crippen molar-refractivity contribution >= 4 is 33.2 Å². The Labute approximate surface area is 176 Å². The van der Waals surface area contributed by atoms with Gasteiger partial charge in [-0.1, -0.05) is 0 Å². The Bertz CT molecular complexity index is 1310. The molecule has 1 aliphatic heterocycles. The molecule has 1 saturated heterocycles. The third-order valence-corrected chi connectivity index (χ3v) is 6.27. The van der Waals surface area contributed by atoms with Gasteiger partial charge >= 0.3 is 0 Å². The molecule has 0 radical (unpaired) electrons. The van der Waals surface area contributed by atoms with Crippen LogP contribution in [0.2, 0.25) is 0 Å². The van der Waals surface area contributed by atoms with Gasteiger partial charge in [-0.25, -0.2) is 9.97 Å². The fourth-order valence-electron chi connectivity index (χ4n) is 3.91. The minimum absolute atomic E-state index is 0.0105. The van der Waals surface area contributed by atoms with Crippen LogP contribution >= 0.6 is 11.3 Å². The van der Waals surface area contributed by atoms with Crippen LogP contribution < -0.4 is 5.56 Å². The fraction of sp³-hybridized carbons (Fsp3) is 0.350. The maximum Gasteiger partial charge on any atom is 0.258 e. The van der Waals surface area contributed by atoms with Gasteiger partial charge in [0.05, 0.1) is 17.0 Å². The van der Waals surface area contributed by atoms with Gasteiger partial charge in [0, 0.05) is 69.0 Å². The first-order valence-corrected chi connectivity index (χ1v) is 10.6. The largest absolute Gasteiger partial charge is 0.336 e. The number of aromatic nitrogens is 5. The third kappa shape index (κ3) is 3.27. The Kier molecular flexibility index (Phi) is 4.59. The number of piperazine rings is 1. The molecule has 0 bridgehead atoms. The number of pyridine rings is 1. The van der Waals surface area contributed by atoms with E-state index in [0.717, 1.165) is 35.5 Å². The summed E-state index contributed by atoms with van der Waals surface area (Å²) in [4.78, 5) is 38.9. The first-order chi connectivity index (χ1) is 14.5. The molecule has 30 heavy (non-hydrogen) atoms. The number of carbonyl (C=O) groups is 1. The normalized spacial score (nSPS) is 15.3. The molecule has 5 rings (SSSR count). The lowest BCUT2D eigenvalue weighted by Gasteiger charge is -2.34. The van der Waals surface area contributed by atoms with E-state index in [1.54, 1.807) is 27.5 Å². The molecule has 1 fully saturated rings. The number of rotatable bonds is 3. The SMILES string of the molecule is Cc1nn(C)c2ncc(C(=O)N3CCN(Cc4cc(=O)n5ccsc5n4)CC3)cc12. The van der Waals surface area contributed by atoms with Crippen molar-refractivity contribution in [2.45, 2.75) is 13.5 Å². The zero-order chi connectivity index (χ0) is 20.8. The number of nitrogens with zero attached hydrogens (tertiary/aromatic N) is 7. The highest BCUT2D eigenvalue weighted by Crippen LogP contribution is 2.18. The van der Waals surface area contributed by atoms with Crippen molar-refractivity contribution in [3.63, 3.8) is 0 Å². The molecule has 0 aliphatic carbocycles. The zero-order valence-corrected chi connectivity index (χ0v) is 17.6. The number of fused-ring (bicyclic) bond motifs is 2. The molecule has 4 aromatic heterocycles. The fourth-order valence-corrected chi connectivity index (χ4v) is 4.65. The number of amides is 1. The number of hydrogen-bond acceptors (Lipinski definition) is 7. The van der Waals surface area contributed by atoms with Crippen molar-refractivity contribution in [1.29, 1.82) is 0 Å². The number of aryl methyl sites for hydroxylation is 2. The van der Waals surface area contributed by atoms with Crippen molar-refractivity contribution < 1.29 is 4.79 Å². The van der Waals surface area contributed by atoms with Gasteiger partial charge in [-0.2, -0.15) is 5.10 Å². The Balaban J connectivity index is 1.26. The summed E-state index contributed by atoms with van der Waals surface area (Å²) in [6.07, 6.45) is 3.37. The smallest absolute Gasteiger partial charge is 0.258 e. The highest BCUT2D eigenvalue weighted by molar-refractivity contribution is 7.15. The van der Waals surface area contributed by atoms with Crippen molar-refractivity contribution in [1.82, 2.24) is 33.9 Å². The average Bonchev–Trinajstić information content (AvgIpc) is 3.33. The summed E-state index contributed by atoms with van der Waals surface area (Å²) in [5.41, 5.74) is 2.94. The number of thiazole rings is 1. The van der Waals surface area contributed by atoms with Crippen LogP contribution in [0.15, 0.2) is 34.7 Å². The first-order valence-electron chi connectivity index (χ1n) is 9.76. The van der Waals surface area contributed by atoms with Crippen LogP contribution in [0.1, 0.15) is 21.7 Å². The lowest BCUT2D eigenvalue weighted by molar-refractivity contribution is 0.0627. The van der Waals surface area contributed by atoms with Gasteiger partial charge in [0.2, 0.25) is 0 Å². The van der Waals surface area contributed by atoms with Crippen molar-refractivity contribution in [2.75, 3.05) is 26.2 Å². The Morgan fingerprint density at radius 2 is 2.00 bits per heavy atom. The summed E-state index contributed by atoms with van der Waals surface area (Å²) in [6.45, 7) is 5.25. The molecular formula is C20H21N7O2S. The van der Waals surface area contributed by atoms with E-state index in [4.69, 9.17) is 0 Å². The van der Waals surface area contributed by atoms with Crippen LogP contribution in [-0.2, 0) is 13.6 Å². The van der Waals surface area contributed by atoms with Gasteiger partial charge in [-0.3, -0.25) is 23.6 Å². The molecular weight excluding hydrogens is 402 g/mol. The summed E-state index contributed by atoms with van der Waals surface area (Å²) >= 11 is 1.45. The highest BCUT2D eigenvalue weighted by Gasteiger charge is 2.23. The van der Waals surface area contributed by atoms with Crippen molar-refractivity contribution in [2.24, 2.45) is 7.05 Å². The molecule has 0 saturated carbocycles. The van der Waals surface area contributed by atoms with Crippen LogP contribution in [0.3, 0.4) is 0 Å². The lowest BCUT2D eigenvalue weighted by Crippen LogP contribution is -2.48. The Morgan fingerprint density at radius 3 is 2.80 bits per heavy atom. The van der Waals surface area contributed by atoms with Crippen LogP contribution in [0.5, 0.6) is 0 Å². The number of hydrogen-bond donors (Lipinski definition) is 0. The maximum atomic E-state index is 13.0. The van der Waals surface area contributed by atoms with E-state index < -0.39 is 0 Å².